The van der Waals surface area contributed by atoms with Crippen LogP contribution in [-0.2, 0) is 16.1 Å². The van der Waals surface area contributed by atoms with Crippen LogP contribution in [0, 0.1) is 0 Å². The second-order valence-electron chi connectivity index (χ2n) is 4.68. The third kappa shape index (κ3) is 2.16. The lowest BCUT2D eigenvalue weighted by molar-refractivity contribution is -0.112. The van der Waals surface area contributed by atoms with Crippen molar-refractivity contribution in [2.45, 2.75) is 25.5 Å². The molecule has 1 atom stereocenters. The Hall–Kier alpha value is -1.68. The van der Waals surface area contributed by atoms with E-state index in [0.717, 1.165) is 30.7 Å². The largest absolute Gasteiger partial charge is 0.376 e. The smallest absolute Gasteiger partial charge is 0.269 e. The highest BCUT2D eigenvalue weighted by atomic mass is 16.5. The first-order valence-corrected chi connectivity index (χ1v) is 6.35. The highest BCUT2D eigenvalue weighted by Gasteiger charge is 2.25. The normalized spacial score (nSPS) is 23.0. The van der Waals surface area contributed by atoms with Crippen molar-refractivity contribution < 1.29 is 9.53 Å². The van der Waals surface area contributed by atoms with Crippen molar-refractivity contribution >= 4 is 17.8 Å². The summed E-state index contributed by atoms with van der Waals surface area (Å²) in [5.41, 5.74) is 2.06. The van der Waals surface area contributed by atoms with Gasteiger partial charge in [0.2, 0.25) is 0 Å². The second-order valence-corrected chi connectivity index (χ2v) is 4.68. The molecule has 0 spiro atoms. The van der Waals surface area contributed by atoms with Gasteiger partial charge in [0.1, 0.15) is 0 Å². The van der Waals surface area contributed by atoms with Crippen molar-refractivity contribution in [2.75, 3.05) is 18.1 Å². The number of anilines is 1. The summed E-state index contributed by atoms with van der Waals surface area (Å²) in [7, 11) is 0. The van der Waals surface area contributed by atoms with Crippen LogP contribution in [0.5, 0.6) is 0 Å². The molecule has 1 amide bonds. The van der Waals surface area contributed by atoms with E-state index in [1.807, 2.05) is 24.3 Å². The molecule has 0 N–H and O–H groups in total. The average Bonchev–Trinajstić information content (AvgIpc) is 2.84. The molecule has 0 aliphatic carbocycles. The maximum absolute atomic E-state index is 12.1. The lowest BCUT2D eigenvalue weighted by Crippen LogP contribution is -2.38. The number of ether oxygens (including phenoxy) is 1. The summed E-state index contributed by atoms with van der Waals surface area (Å²) in [6, 6.07) is 7.94. The topological polar surface area (TPSA) is 41.9 Å². The summed E-state index contributed by atoms with van der Waals surface area (Å²) in [5.74, 6) is -0.0459. The van der Waals surface area contributed by atoms with Crippen molar-refractivity contribution in [3.63, 3.8) is 0 Å². The number of aliphatic imine (C=N–C) groups is 1. The summed E-state index contributed by atoms with van der Waals surface area (Å²) in [4.78, 5) is 18.0. The van der Waals surface area contributed by atoms with Crippen molar-refractivity contribution in [3.8, 4) is 0 Å². The van der Waals surface area contributed by atoms with Crippen LogP contribution >= 0.6 is 0 Å². The summed E-state index contributed by atoms with van der Waals surface area (Å²) in [6.45, 7) is 2.01. The number of amides is 1. The number of fused-ring (bicyclic) bond motifs is 1. The molecule has 0 aromatic heterocycles. The van der Waals surface area contributed by atoms with Crippen LogP contribution in [-0.4, -0.2) is 31.4 Å². The molecule has 18 heavy (non-hydrogen) atoms. The van der Waals surface area contributed by atoms with Crippen molar-refractivity contribution in [3.05, 3.63) is 29.8 Å². The third-order valence-corrected chi connectivity index (χ3v) is 3.42. The quantitative estimate of drug-likeness (QED) is 0.795. The zero-order valence-corrected chi connectivity index (χ0v) is 10.2. The van der Waals surface area contributed by atoms with E-state index in [2.05, 4.69) is 4.99 Å². The van der Waals surface area contributed by atoms with Gasteiger partial charge in [0.05, 0.1) is 25.4 Å². The van der Waals surface area contributed by atoms with Gasteiger partial charge >= 0.3 is 0 Å². The van der Waals surface area contributed by atoms with Crippen LogP contribution in [0.1, 0.15) is 18.4 Å². The molecule has 1 aromatic carbocycles. The summed E-state index contributed by atoms with van der Waals surface area (Å²) in [5, 5.41) is 0. The fourth-order valence-corrected chi connectivity index (χ4v) is 2.50. The number of hydrogen-bond acceptors (Lipinski definition) is 3. The predicted octanol–water partition coefficient (Wildman–Crippen LogP) is 1.78. The molecular weight excluding hydrogens is 228 g/mol. The Labute approximate surface area is 106 Å². The number of hydrogen-bond donors (Lipinski definition) is 0. The Morgan fingerprint density at radius 3 is 3.11 bits per heavy atom. The van der Waals surface area contributed by atoms with Crippen molar-refractivity contribution in [1.29, 1.82) is 0 Å². The van der Waals surface area contributed by atoms with Crippen LogP contribution < -0.4 is 4.90 Å². The number of carbonyl (C=O) groups is 1. The highest BCUT2D eigenvalue weighted by molar-refractivity contribution is 6.33. The third-order valence-electron chi connectivity index (χ3n) is 3.42. The van der Waals surface area contributed by atoms with E-state index in [0.29, 0.717) is 13.1 Å². The van der Waals surface area contributed by atoms with Gasteiger partial charge in [-0.15, -0.1) is 0 Å². The van der Waals surface area contributed by atoms with E-state index in [-0.39, 0.29) is 12.0 Å². The molecule has 0 bridgehead atoms. The maximum Gasteiger partial charge on any atom is 0.269 e. The average molecular weight is 244 g/mol. The maximum atomic E-state index is 12.1. The van der Waals surface area contributed by atoms with Gasteiger partial charge in [-0.2, -0.15) is 0 Å². The van der Waals surface area contributed by atoms with Gasteiger partial charge in [-0.3, -0.25) is 9.79 Å². The molecule has 2 aliphatic heterocycles. The van der Waals surface area contributed by atoms with E-state index < -0.39 is 0 Å². The number of benzene rings is 1. The number of carbonyl (C=O) groups excluding carboxylic acids is 1. The van der Waals surface area contributed by atoms with Gasteiger partial charge in [0.15, 0.2) is 0 Å². The second kappa shape index (κ2) is 4.90. The molecule has 4 nitrogen and oxygen atoms in total. The van der Waals surface area contributed by atoms with Gasteiger partial charge < -0.3 is 9.64 Å². The Balaban J connectivity index is 1.89. The molecule has 94 valence electrons. The van der Waals surface area contributed by atoms with E-state index in [1.54, 1.807) is 4.90 Å². The van der Waals surface area contributed by atoms with Gasteiger partial charge in [-0.1, -0.05) is 18.2 Å². The number of nitrogens with zero attached hydrogens (tertiary/aromatic N) is 2. The highest BCUT2D eigenvalue weighted by Crippen LogP contribution is 2.25. The van der Waals surface area contributed by atoms with Crippen LogP contribution in [0.4, 0.5) is 5.69 Å². The molecule has 2 aliphatic rings. The van der Waals surface area contributed by atoms with Gasteiger partial charge in [-0.25, -0.2) is 0 Å². The van der Waals surface area contributed by atoms with E-state index in [1.165, 1.54) is 6.21 Å². The van der Waals surface area contributed by atoms with Crippen molar-refractivity contribution in [1.82, 2.24) is 0 Å². The Kier molecular flexibility index (Phi) is 3.11. The minimum absolute atomic E-state index is 0.0459. The lowest BCUT2D eigenvalue weighted by atomic mass is 10.1. The lowest BCUT2D eigenvalue weighted by Gasteiger charge is -2.24. The fraction of sp³-hybridized carbons (Fsp3) is 0.429. The van der Waals surface area contributed by atoms with Crippen LogP contribution in [0.15, 0.2) is 29.3 Å². The van der Waals surface area contributed by atoms with E-state index >= 15 is 0 Å². The first kappa shape index (κ1) is 11.4. The fourth-order valence-electron chi connectivity index (χ4n) is 2.50. The molecule has 0 saturated carbocycles. The van der Waals surface area contributed by atoms with E-state index in [9.17, 15) is 4.79 Å². The Bertz CT molecular complexity index is 478. The SMILES string of the molecule is O=C1C=NCc2ccccc2N1CC1CCCO1. The van der Waals surface area contributed by atoms with Crippen LogP contribution in [0.25, 0.3) is 0 Å². The molecule has 1 unspecified atom stereocenters. The summed E-state index contributed by atoms with van der Waals surface area (Å²) < 4.78 is 5.62. The van der Waals surface area contributed by atoms with Gasteiger partial charge in [-0.05, 0) is 24.5 Å². The first-order valence-electron chi connectivity index (χ1n) is 6.35. The minimum Gasteiger partial charge on any atom is -0.376 e. The van der Waals surface area contributed by atoms with Gasteiger partial charge in [0.25, 0.3) is 5.91 Å². The summed E-state index contributed by atoms with van der Waals surface area (Å²) in [6.07, 6.45) is 3.70. The molecule has 2 heterocycles. The predicted molar refractivity (Wildman–Crippen MR) is 70.0 cm³/mol. The molecule has 4 heteroatoms. The zero-order chi connectivity index (χ0) is 12.4. The molecule has 1 aromatic rings. The molecule has 1 saturated heterocycles. The number of para-hydroxylation sites is 1. The zero-order valence-electron chi connectivity index (χ0n) is 10.2. The Morgan fingerprint density at radius 1 is 1.39 bits per heavy atom. The van der Waals surface area contributed by atoms with E-state index in [4.69, 9.17) is 4.74 Å². The van der Waals surface area contributed by atoms with Crippen LogP contribution in [0.3, 0.4) is 0 Å². The molecular formula is C14H16N2O2. The van der Waals surface area contributed by atoms with Gasteiger partial charge in [0, 0.05) is 12.3 Å². The molecule has 1 fully saturated rings. The summed E-state index contributed by atoms with van der Waals surface area (Å²) >= 11 is 0. The standard InChI is InChI=1S/C14H16N2O2/c17-14-9-15-8-11-4-1-2-6-13(11)16(14)10-12-5-3-7-18-12/h1-2,4,6,9,12H,3,5,7-8,10H2. The first-order chi connectivity index (χ1) is 8.84. The minimum atomic E-state index is -0.0459. The van der Waals surface area contributed by atoms with Crippen LogP contribution in [0.2, 0.25) is 0 Å². The Morgan fingerprint density at radius 2 is 2.28 bits per heavy atom. The monoisotopic (exact) mass is 244 g/mol. The molecule has 0 radical (unpaired) electrons. The van der Waals surface area contributed by atoms with Crippen molar-refractivity contribution in [2.24, 2.45) is 4.99 Å². The number of rotatable bonds is 2. The molecule has 3 rings (SSSR count).